The average Bonchev–Trinajstić information content (AvgIpc) is 2.48. The number of aryl methyl sites for hydroxylation is 1. The number of hydrogen-bond acceptors (Lipinski definition) is 3. The highest BCUT2D eigenvalue weighted by molar-refractivity contribution is 7.98. The van der Waals surface area contributed by atoms with Crippen LogP contribution in [0, 0.1) is 6.92 Å². The van der Waals surface area contributed by atoms with Crippen LogP contribution >= 0.6 is 11.8 Å². The maximum Gasteiger partial charge on any atom is 0.271 e. The van der Waals surface area contributed by atoms with Crippen molar-refractivity contribution in [2.24, 2.45) is 5.10 Å². The minimum absolute atomic E-state index is 0.194. The maximum absolute atomic E-state index is 11.9. The second-order valence-electron chi connectivity index (χ2n) is 4.29. The van der Waals surface area contributed by atoms with Gasteiger partial charge in [-0.2, -0.15) is 5.10 Å². The first-order valence-corrected chi connectivity index (χ1v) is 7.46. The summed E-state index contributed by atoms with van der Waals surface area (Å²) in [5.74, 6) is -0.194. The molecule has 0 saturated heterocycles. The molecule has 0 aliphatic rings. The third-order valence-corrected chi connectivity index (χ3v) is 3.63. The van der Waals surface area contributed by atoms with E-state index in [1.807, 2.05) is 55.6 Å². The lowest BCUT2D eigenvalue weighted by Gasteiger charge is -2.03. The standard InChI is InChI=1S/C16H16N2OS/c1-12-5-3-4-6-15(12)16(19)18-17-11-13-7-9-14(20-2)10-8-13/h3-11H,1-2H3,(H,18,19). The molecule has 0 spiro atoms. The second-order valence-corrected chi connectivity index (χ2v) is 5.17. The number of thioether (sulfide) groups is 1. The summed E-state index contributed by atoms with van der Waals surface area (Å²) in [5, 5.41) is 3.98. The lowest BCUT2D eigenvalue weighted by molar-refractivity contribution is 0.0954. The highest BCUT2D eigenvalue weighted by atomic mass is 32.2. The molecule has 4 heteroatoms. The Balaban J connectivity index is 1.99. The van der Waals surface area contributed by atoms with E-state index in [-0.39, 0.29) is 5.91 Å². The zero-order chi connectivity index (χ0) is 14.4. The predicted molar refractivity (Wildman–Crippen MR) is 84.5 cm³/mol. The van der Waals surface area contributed by atoms with Crippen molar-refractivity contribution in [2.45, 2.75) is 11.8 Å². The van der Waals surface area contributed by atoms with Crippen molar-refractivity contribution in [1.82, 2.24) is 5.43 Å². The lowest BCUT2D eigenvalue weighted by atomic mass is 10.1. The second kappa shape index (κ2) is 6.91. The van der Waals surface area contributed by atoms with E-state index in [1.54, 1.807) is 24.0 Å². The highest BCUT2D eigenvalue weighted by Crippen LogP contribution is 2.13. The number of carbonyl (C=O) groups excluding carboxylic acids is 1. The molecule has 0 fully saturated rings. The van der Waals surface area contributed by atoms with Gasteiger partial charge in [0.05, 0.1) is 6.21 Å². The third kappa shape index (κ3) is 3.71. The van der Waals surface area contributed by atoms with Crippen LogP contribution in [0.2, 0.25) is 0 Å². The summed E-state index contributed by atoms with van der Waals surface area (Å²) in [6.45, 7) is 1.90. The molecule has 0 heterocycles. The highest BCUT2D eigenvalue weighted by Gasteiger charge is 2.05. The molecule has 0 radical (unpaired) electrons. The summed E-state index contributed by atoms with van der Waals surface area (Å²) in [6.07, 6.45) is 3.67. The largest absolute Gasteiger partial charge is 0.271 e. The Morgan fingerprint density at radius 1 is 1.15 bits per heavy atom. The van der Waals surface area contributed by atoms with Gasteiger partial charge >= 0.3 is 0 Å². The molecule has 1 amide bonds. The van der Waals surface area contributed by atoms with Crippen LogP contribution in [-0.4, -0.2) is 18.4 Å². The molecule has 20 heavy (non-hydrogen) atoms. The normalized spacial score (nSPS) is 10.7. The molecule has 1 N–H and O–H groups in total. The molecule has 2 aromatic carbocycles. The van der Waals surface area contributed by atoms with Crippen molar-refractivity contribution in [2.75, 3.05) is 6.26 Å². The molecule has 0 atom stereocenters. The SMILES string of the molecule is CSc1ccc(C=NNC(=O)c2ccccc2C)cc1. The smallest absolute Gasteiger partial charge is 0.267 e. The van der Waals surface area contributed by atoms with E-state index in [0.29, 0.717) is 5.56 Å². The van der Waals surface area contributed by atoms with Gasteiger partial charge in [0.15, 0.2) is 0 Å². The molecule has 0 bridgehead atoms. The fourth-order valence-electron chi connectivity index (χ4n) is 1.74. The lowest BCUT2D eigenvalue weighted by Crippen LogP contribution is -2.18. The van der Waals surface area contributed by atoms with E-state index in [0.717, 1.165) is 11.1 Å². The van der Waals surface area contributed by atoms with Gasteiger partial charge in [-0.15, -0.1) is 11.8 Å². The topological polar surface area (TPSA) is 41.5 Å². The first-order chi connectivity index (χ1) is 9.70. The van der Waals surface area contributed by atoms with Crippen molar-refractivity contribution >= 4 is 23.9 Å². The van der Waals surface area contributed by atoms with Gasteiger partial charge in [0, 0.05) is 10.5 Å². The summed E-state index contributed by atoms with van der Waals surface area (Å²) < 4.78 is 0. The zero-order valence-electron chi connectivity index (χ0n) is 11.5. The van der Waals surface area contributed by atoms with Gasteiger partial charge in [-0.25, -0.2) is 5.43 Å². The number of hydrogen-bond donors (Lipinski definition) is 1. The monoisotopic (exact) mass is 284 g/mol. The fourth-order valence-corrected chi connectivity index (χ4v) is 2.15. The van der Waals surface area contributed by atoms with Gasteiger partial charge in [-0.05, 0) is 42.5 Å². The van der Waals surface area contributed by atoms with Crippen LogP contribution in [-0.2, 0) is 0 Å². The van der Waals surface area contributed by atoms with E-state index in [2.05, 4.69) is 10.5 Å². The molecule has 2 rings (SSSR count). The number of carbonyl (C=O) groups is 1. The Bertz CT molecular complexity index is 621. The van der Waals surface area contributed by atoms with Crippen LogP contribution in [0.4, 0.5) is 0 Å². The molecule has 3 nitrogen and oxygen atoms in total. The predicted octanol–water partition coefficient (Wildman–Crippen LogP) is 3.48. The Morgan fingerprint density at radius 2 is 1.85 bits per heavy atom. The van der Waals surface area contributed by atoms with Gasteiger partial charge in [-0.1, -0.05) is 30.3 Å². The van der Waals surface area contributed by atoms with Gasteiger partial charge < -0.3 is 0 Å². The number of rotatable bonds is 4. The van der Waals surface area contributed by atoms with Crippen LogP contribution in [0.1, 0.15) is 21.5 Å². The number of amides is 1. The zero-order valence-corrected chi connectivity index (χ0v) is 12.3. The van der Waals surface area contributed by atoms with E-state index in [1.165, 1.54) is 4.90 Å². The molecule has 0 aromatic heterocycles. The van der Waals surface area contributed by atoms with Crippen LogP contribution in [0.15, 0.2) is 58.5 Å². The third-order valence-electron chi connectivity index (χ3n) is 2.89. The van der Waals surface area contributed by atoms with Crippen molar-refractivity contribution in [1.29, 1.82) is 0 Å². The van der Waals surface area contributed by atoms with Crippen LogP contribution < -0.4 is 5.43 Å². The fraction of sp³-hybridized carbons (Fsp3) is 0.125. The van der Waals surface area contributed by atoms with Crippen molar-refractivity contribution < 1.29 is 4.79 Å². The van der Waals surface area contributed by atoms with Crippen LogP contribution in [0.25, 0.3) is 0 Å². The van der Waals surface area contributed by atoms with Gasteiger partial charge in [0.1, 0.15) is 0 Å². The quantitative estimate of drug-likeness (QED) is 0.530. The maximum atomic E-state index is 11.9. The summed E-state index contributed by atoms with van der Waals surface area (Å²) in [7, 11) is 0. The first kappa shape index (κ1) is 14.3. The van der Waals surface area contributed by atoms with E-state index in [4.69, 9.17) is 0 Å². The Kier molecular flexibility index (Phi) is 4.96. The number of benzene rings is 2. The minimum atomic E-state index is -0.194. The summed E-state index contributed by atoms with van der Waals surface area (Å²) in [5.41, 5.74) is 5.07. The van der Waals surface area contributed by atoms with Gasteiger partial charge in [0.2, 0.25) is 0 Å². The van der Waals surface area contributed by atoms with Crippen LogP contribution in [0.5, 0.6) is 0 Å². The van der Waals surface area contributed by atoms with Crippen LogP contribution in [0.3, 0.4) is 0 Å². The molecule has 0 aliphatic heterocycles. The molecule has 0 aliphatic carbocycles. The summed E-state index contributed by atoms with van der Waals surface area (Å²) in [4.78, 5) is 13.1. The molecule has 102 valence electrons. The Hall–Kier alpha value is -2.07. The van der Waals surface area contributed by atoms with Crippen molar-refractivity contribution in [3.63, 3.8) is 0 Å². The van der Waals surface area contributed by atoms with Crippen molar-refractivity contribution in [3.8, 4) is 0 Å². The number of nitrogens with one attached hydrogen (secondary N) is 1. The molecule has 2 aromatic rings. The molecular formula is C16H16N2OS. The van der Waals surface area contributed by atoms with Crippen molar-refractivity contribution in [3.05, 3.63) is 65.2 Å². The average molecular weight is 284 g/mol. The first-order valence-electron chi connectivity index (χ1n) is 6.24. The summed E-state index contributed by atoms with van der Waals surface area (Å²) >= 11 is 1.69. The van der Waals surface area contributed by atoms with Gasteiger partial charge in [-0.3, -0.25) is 4.79 Å². The minimum Gasteiger partial charge on any atom is -0.267 e. The van der Waals surface area contributed by atoms with E-state index < -0.39 is 0 Å². The molecular weight excluding hydrogens is 268 g/mol. The Labute approximate surface area is 123 Å². The van der Waals surface area contributed by atoms with E-state index >= 15 is 0 Å². The number of hydrazone groups is 1. The molecule has 0 unspecified atom stereocenters. The Morgan fingerprint density at radius 3 is 2.50 bits per heavy atom. The summed E-state index contributed by atoms with van der Waals surface area (Å²) in [6, 6.07) is 15.4. The molecule has 0 saturated carbocycles. The van der Waals surface area contributed by atoms with Gasteiger partial charge in [0.25, 0.3) is 5.91 Å². The van der Waals surface area contributed by atoms with E-state index in [9.17, 15) is 4.79 Å². The number of nitrogens with zero attached hydrogens (tertiary/aromatic N) is 1.